The minimum absolute atomic E-state index is 0.0423. The van der Waals surface area contributed by atoms with Gasteiger partial charge in [0.2, 0.25) is 0 Å². The van der Waals surface area contributed by atoms with E-state index in [4.69, 9.17) is 0 Å². The van der Waals surface area contributed by atoms with Gasteiger partial charge >= 0.3 is 22.9 Å². The predicted molar refractivity (Wildman–Crippen MR) is 68.7 cm³/mol. The Balaban J connectivity index is 3.58. The monoisotopic (exact) mass is 285 g/mol. The highest BCUT2D eigenvalue weighted by atomic mass is 16.6. The number of aromatic nitrogens is 2. The molecule has 0 aliphatic heterocycles. The zero-order valence-electron chi connectivity index (χ0n) is 11.3. The zero-order valence-corrected chi connectivity index (χ0v) is 11.3. The summed E-state index contributed by atoms with van der Waals surface area (Å²) in [7, 11) is 1.07. The highest BCUT2D eigenvalue weighted by molar-refractivity contribution is 5.71. The molecule has 0 aliphatic rings. The van der Waals surface area contributed by atoms with E-state index in [9.17, 15) is 29.6 Å². The Morgan fingerprint density at radius 3 is 2.40 bits per heavy atom. The van der Waals surface area contributed by atoms with E-state index in [-0.39, 0.29) is 12.3 Å². The normalized spacial score (nSPS) is 12.4. The molecule has 0 fully saturated rings. The number of nitro groups is 1. The molecule has 1 heterocycles. The van der Waals surface area contributed by atoms with E-state index < -0.39 is 33.9 Å². The summed E-state index contributed by atoms with van der Waals surface area (Å²) < 4.78 is 1.26. The summed E-state index contributed by atoms with van der Waals surface area (Å²) in [6.07, 6.45) is 0.816. The highest BCUT2D eigenvalue weighted by Gasteiger charge is 2.27. The van der Waals surface area contributed by atoms with Crippen LogP contribution in [0, 0.1) is 16.0 Å². The fourth-order valence-electron chi connectivity index (χ4n) is 1.80. The van der Waals surface area contributed by atoms with Gasteiger partial charge in [-0.15, -0.1) is 0 Å². The van der Waals surface area contributed by atoms with Gasteiger partial charge in [0.15, 0.2) is 0 Å². The molecule has 20 heavy (non-hydrogen) atoms. The molecule has 1 N–H and O–H groups in total. The van der Waals surface area contributed by atoms with Gasteiger partial charge in [0.05, 0.1) is 11.1 Å². The Morgan fingerprint density at radius 1 is 1.45 bits per heavy atom. The SMILES string of the molecule is CC(C)C[C@@H](C(=O)O)n1cc([N+](=O)[O-])c(=O)n(C)c1=O. The van der Waals surface area contributed by atoms with Crippen molar-refractivity contribution in [2.24, 2.45) is 13.0 Å². The van der Waals surface area contributed by atoms with E-state index in [1.165, 1.54) is 0 Å². The molecule has 0 saturated heterocycles. The van der Waals surface area contributed by atoms with E-state index >= 15 is 0 Å². The molecular weight excluding hydrogens is 270 g/mol. The van der Waals surface area contributed by atoms with Crippen molar-refractivity contribution >= 4 is 11.7 Å². The smallest absolute Gasteiger partial charge is 0.350 e. The molecule has 1 aromatic heterocycles. The van der Waals surface area contributed by atoms with Crippen LogP contribution in [-0.2, 0) is 11.8 Å². The lowest BCUT2D eigenvalue weighted by Gasteiger charge is -2.17. The minimum atomic E-state index is -1.28. The second-order valence-electron chi connectivity index (χ2n) is 4.81. The molecule has 110 valence electrons. The summed E-state index contributed by atoms with van der Waals surface area (Å²) in [5.41, 5.74) is -2.79. The lowest BCUT2D eigenvalue weighted by atomic mass is 10.0. The summed E-state index contributed by atoms with van der Waals surface area (Å²) in [6.45, 7) is 3.52. The van der Waals surface area contributed by atoms with Crippen LogP contribution in [0.5, 0.6) is 0 Å². The fourth-order valence-corrected chi connectivity index (χ4v) is 1.80. The molecule has 1 atom stereocenters. The molecule has 0 amide bonds. The van der Waals surface area contributed by atoms with Gasteiger partial charge in [-0.05, 0) is 12.3 Å². The van der Waals surface area contributed by atoms with Crippen molar-refractivity contribution in [2.45, 2.75) is 26.3 Å². The molecule has 0 aliphatic carbocycles. The molecule has 1 rings (SSSR count). The fraction of sp³-hybridized carbons (Fsp3) is 0.545. The first-order valence-corrected chi connectivity index (χ1v) is 5.86. The third kappa shape index (κ3) is 2.92. The van der Waals surface area contributed by atoms with Crippen molar-refractivity contribution < 1.29 is 14.8 Å². The van der Waals surface area contributed by atoms with Gasteiger partial charge in [0, 0.05) is 7.05 Å². The van der Waals surface area contributed by atoms with Crippen LogP contribution in [0.3, 0.4) is 0 Å². The summed E-state index contributed by atoms with van der Waals surface area (Å²) in [6, 6.07) is -1.26. The first kappa shape index (κ1) is 15.6. The summed E-state index contributed by atoms with van der Waals surface area (Å²) in [5, 5.41) is 20.0. The van der Waals surface area contributed by atoms with Crippen LogP contribution >= 0.6 is 0 Å². The second kappa shape index (κ2) is 5.68. The quantitative estimate of drug-likeness (QED) is 0.605. The summed E-state index contributed by atoms with van der Waals surface area (Å²) in [4.78, 5) is 44.6. The number of carboxylic acids is 1. The van der Waals surface area contributed by atoms with Gasteiger partial charge in [-0.2, -0.15) is 0 Å². The van der Waals surface area contributed by atoms with Crippen LogP contribution in [-0.4, -0.2) is 25.1 Å². The average Bonchev–Trinajstić information content (AvgIpc) is 2.33. The maximum Gasteiger partial charge on any atom is 0.350 e. The molecule has 0 aromatic carbocycles. The lowest BCUT2D eigenvalue weighted by molar-refractivity contribution is -0.387. The molecule has 0 spiro atoms. The molecule has 0 unspecified atom stereocenters. The zero-order chi connectivity index (χ0) is 15.6. The van der Waals surface area contributed by atoms with Crippen molar-refractivity contribution in [1.29, 1.82) is 0 Å². The van der Waals surface area contributed by atoms with Gasteiger partial charge in [0.25, 0.3) is 0 Å². The van der Waals surface area contributed by atoms with Gasteiger partial charge in [-0.1, -0.05) is 13.8 Å². The molecule has 0 radical (unpaired) electrons. The molecular formula is C11H15N3O6. The number of carboxylic acid groups (broad SMARTS) is 1. The first-order chi connectivity index (χ1) is 9.16. The molecule has 0 saturated carbocycles. The average molecular weight is 285 g/mol. The lowest BCUT2D eigenvalue weighted by Crippen LogP contribution is -2.42. The van der Waals surface area contributed by atoms with Crippen LogP contribution in [0.15, 0.2) is 15.8 Å². The van der Waals surface area contributed by atoms with E-state index in [1.807, 2.05) is 0 Å². The maximum atomic E-state index is 11.9. The van der Waals surface area contributed by atoms with Crippen LogP contribution in [0.4, 0.5) is 5.69 Å². The van der Waals surface area contributed by atoms with Crippen molar-refractivity contribution in [2.75, 3.05) is 0 Å². The van der Waals surface area contributed by atoms with Crippen molar-refractivity contribution in [3.63, 3.8) is 0 Å². The van der Waals surface area contributed by atoms with Gasteiger partial charge in [-0.3, -0.25) is 24.0 Å². The van der Waals surface area contributed by atoms with Gasteiger partial charge in [0.1, 0.15) is 6.04 Å². The third-order valence-corrected chi connectivity index (χ3v) is 2.81. The standard InChI is InChI=1S/C11H15N3O6/c1-6(2)4-7(10(16)17)13-5-8(14(19)20)9(15)12(3)11(13)18/h5-7H,4H2,1-3H3,(H,16,17)/t7-/m0/s1. The van der Waals surface area contributed by atoms with E-state index in [0.29, 0.717) is 10.8 Å². The van der Waals surface area contributed by atoms with Crippen molar-refractivity contribution in [3.05, 3.63) is 37.1 Å². The Bertz CT molecular complexity index is 657. The maximum absolute atomic E-state index is 11.9. The Hall–Kier alpha value is -2.45. The van der Waals surface area contributed by atoms with Crippen molar-refractivity contribution in [3.8, 4) is 0 Å². The molecule has 0 bridgehead atoms. The topological polar surface area (TPSA) is 124 Å². The van der Waals surface area contributed by atoms with Crippen LogP contribution in [0.2, 0.25) is 0 Å². The van der Waals surface area contributed by atoms with Crippen molar-refractivity contribution in [1.82, 2.24) is 9.13 Å². The second-order valence-corrected chi connectivity index (χ2v) is 4.81. The van der Waals surface area contributed by atoms with Crippen LogP contribution in [0.25, 0.3) is 0 Å². The van der Waals surface area contributed by atoms with Crippen LogP contribution in [0.1, 0.15) is 26.3 Å². The Morgan fingerprint density at radius 2 is 2.00 bits per heavy atom. The number of hydrogen-bond acceptors (Lipinski definition) is 5. The molecule has 1 aromatic rings. The number of aliphatic carboxylic acids is 1. The van der Waals surface area contributed by atoms with Gasteiger partial charge in [-0.25, -0.2) is 9.59 Å². The predicted octanol–water partition coefficient (Wildman–Crippen LogP) is 0.127. The minimum Gasteiger partial charge on any atom is -0.480 e. The van der Waals surface area contributed by atoms with Crippen LogP contribution < -0.4 is 11.2 Å². The first-order valence-electron chi connectivity index (χ1n) is 5.86. The summed E-state index contributed by atoms with van der Waals surface area (Å²) >= 11 is 0. The Labute approximate surface area is 113 Å². The number of hydrogen-bond donors (Lipinski definition) is 1. The Kier molecular flexibility index (Phi) is 4.43. The molecule has 9 nitrogen and oxygen atoms in total. The summed E-state index contributed by atoms with van der Waals surface area (Å²) in [5.74, 6) is -1.33. The number of nitrogens with zero attached hydrogens (tertiary/aromatic N) is 3. The van der Waals surface area contributed by atoms with E-state index in [0.717, 1.165) is 11.6 Å². The third-order valence-electron chi connectivity index (χ3n) is 2.81. The van der Waals surface area contributed by atoms with E-state index in [1.54, 1.807) is 13.8 Å². The van der Waals surface area contributed by atoms with E-state index in [2.05, 4.69) is 0 Å². The van der Waals surface area contributed by atoms with Gasteiger partial charge < -0.3 is 5.11 Å². The largest absolute Gasteiger partial charge is 0.480 e. The molecule has 9 heteroatoms. The number of rotatable bonds is 5. The highest BCUT2D eigenvalue weighted by Crippen LogP contribution is 2.17. The number of carbonyl (C=O) groups is 1.